The molecule has 0 aliphatic carbocycles. The van der Waals surface area contributed by atoms with Crippen molar-refractivity contribution in [3.63, 3.8) is 0 Å². The number of anilines is 1. The molecular formula is C18H26N2O3. The Hall–Kier alpha value is -1.59. The first kappa shape index (κ1) is 16.3. The van der Waals surface area contributed by atoms with Gasteiger partial charge in [-0.3, -0.25) is 4.79 Å². The van der Waals surface area contributed by atoms with Gasteiger partial charge in [-0.1, -0.05) is 0 Å². The molecule has 2 saturated heterocycles. The lowest BCUT2D eigenvalue weighted by molar-refractivity contribution is -0.0764. The Morgan fingerprint density at radius 3 is 2.43 bits per heavy atom. The van der Waals surface area contributed by atoms with Crippen molar-refractivity contribution >= 4 is 11.6 Å². The number of carbonyl (C=O) groups is 1. The maximum absolute atomic E-state index is 12.6. The maximum atomic E-state index is 12.6. The molecule has 5 nitrogen and oxygen atoms in total. The fourth-order valence-corrected chi connectivity index (χ4v) is 3.31. The Balaban J connectivity index is 1.66. The summed E-state index contributed by atoms with van der Waals surface area (Å²) in [7, 11) is 0. The molecular weight excluding hydrogens is 292 g/mol. The van der Waals surface area contributed by atoms with Crippen LogP contribution >= 0.6 is 0 Å². The Bertz CT molecular complexity index is 548. The van der Waals surface area contributed by atoms with Crippen molar-refractivity contribution in [2.75, 3.05) is 37.7 Å². The van der Waals surface area contributed by atoms with Gasteiger partial charge in [0.15, 0.2) is 0 Å². The maximum Gasteiger partial charge on any atom is 0.254 e. The molecule has 0 aromatic heterocycles. The van der Waals surface area contributed by atoms with Crippen LogP contribution in [0.25, 0.3) is 0 Å². The number of hydrogen-bond donors (Lipinski definition) is 1. The third-order valence-corrected chi connectivity index (χ3v) is 4.66. The highest BCUT2D eigenvalue weighted by molar-refractivity contribution is 5.94. The Kier molecular flexibility index (Phi) is 4.60. The van der Waals surface area contributed by atoms with E-state index in [4.69, 9.17) is 4.74 Å². The van der Waals surface area contributed by atoms with E-state index in [0.29, 0.717) is 19.7 Å². The molecule has 0 unspecified atom stereocenters. The molecule has 1 amide bonds. The van der Waals surface area contributed by atoms with Crippen LogP contribution in [-0.2, 0) is 4.74 Å². The number of ether oxygens (including phenoxy) is 1. The lowest BCUT2D eigenvalue weighted by atomic mass is 10.0. The summed E-state index contributed by atoms with van der Waals surface area (Å²) < 4.78 is 5.67. The summed E-state index contributed by atoms with van der Waals surface area (Å²) >= 11 is 0. The van der Waals surface area contributed by atoms with Crippen LogP contribution in [0.4, 0.5) is 5.69 Å². The first-order chi connectivity index (χ1) is 10.9. The summed E-state index contributed by atoms with van der Waals surface area (Å²) in [5.74, 6) is 0.0713. The second-order valence-electron chi connectivity index (χ2n) is 7.10. The van der Waals surface area contributed by atoms with Gasteiger partial charge in [0.25, 0.3) is 5.91 Å². The van der Waals surface area contributed by atoms with Crippen LogP contribution in [0.2, 0.25) is 0 Å². The van der Waals surface area contributed by atoms with Crippen LogP contribution in [0.15, 0.2) is 24.3 Å². The van der Waals surface area contributed by atoms with Gasteiger partial charge in [0.05, 0.1) is 18.3 Å². The predicted molar refractivity (Wildman–Crippen MR) is 89.8 cm³/mol. The molecule has 0 atom stereocenters. The molecule has 1 aromatic carbocycles. The molecule has 0 spiro atoms. The Morgan fingerprint density at radius 1 is 1.17 bits per heavy atom. The monoisotopic (exact) mass is 318 g/mol. The summed E-state index contributed by atoms with van der Waals surface area (Å²) in [5, 5.41) is 9.59. The molecule has 3 rings (SSSR count). The first-order valence-electron chi connectivity index (χ1n) is 8.41. The van der Waals surface area contributed by atoms with Crippen molar-refractivity contribution in [1.82, 2.24) is 4.90 Å². The molecule has 0 saturated carbocycles. The van der Waals surface area contributed by atoms with Gasteiger partial charge in [-0.05, 0) is 51.0 Å². The van der Waals surface area contributed by atoms with Crippen LogP contribution in [-0.4, -0.2) is 60.4 Å². The van der Waals surface area contributed by atoms with E-state index in [9.17, 15) is 9.90 Å². The van der Waals surface area contributed by atoms with Gasteiger partial charge in [0.1, 0.15) is 0 Å². The SMILES string of the molecule is CC1(C)CN(C(=O)c2ccc(N3CCC(O)CC3)cc2)CCO1. The average molecular weight is 318 g/mol. The van der Waals surface area contributed by atoms with E-state index in [2.05, 4.69) is 4.90 Å². The van der Waals surface area contributed by atoms with Crippen LogP contribution in [0.3, 0.4) is 0 Å². The minimum Gasteiger partial charge on any atom is -0.393 e. The summed E-state index contributed by atoms with van der Waals surface area (Å²) in [6.07, 6.45) is 1.45. The predicted octanol–water partition coefficient (Wildman–Crippen LogP) is 1.90. The Labute approximate surface area is 137 Å². The molecule has 2 aliphatic rings. The number of carbonyl (C=O) groups excluding carboxylic acids is 1. The first-order valence-corrected chi connectivity index (χ1v) is 8.41. The molecule has 1 N–H and O–H groups in total. The molecule has 2 aliphatic heterocycles. The van der Waals surface area contributed by atoms with Crippen LogP contribution in [0.5, 0.6) is 0 Å². The van der Waals surface area contributed by atoms with Crippen LogP contribution in [0, 0.1) is 0 Å². The number of morpholine rings is 1. The zero-order valence-electron chi connectivity index (χ0n) is 14.0. The molecule has 2 fully saturated rings. The topological polar surface area (TPSA) is 53.0 Å². The zero-order valence-corrected chi connectivity index (χ0v) is 14.0. The van der Waals surface area contributed by atoms with E-state index in [1.165, 1.54) is 0 Å². The van der Waals surface area contributed by atoms with Crippen molar-refractivity contribution < 1.29 is 14.6 Å². The van der Waals surface area contributed by atoms with Gasteiger partial charge < -0.3 is 19.6 Å². The largest absolute Gasteiger partial charge is 0.393 e. The molecule has 5 heteroatoms. The van der Waals surface area contributed by atoms with E-state index in [-0.39, 0.29) is 17.6 Å². The van der Waals surface area contributed by atoms with Gasteiger partial charge >= 0.3 is 0 Å². The van der Waals surface area contributed by atoms with E-state index >= 15 is 0 Å². The van der Waals surface area contributed by atoms with Crippen LogP contribution < -0.4 is 4.90 Å². The number of nitrogens with zero attached hydrogens (tertiary/aromatic N) is 2. The van der Waals surface area contributed by atoms with Crippen molar-refractivity contribution in [2.24, 2.45) is 0 Å². The fourth-order valence-electron chi connectivity index (χ4n) is 3.31. The molecule has 0 bridgehead atoms. The highest BCUT2D eigenvalue weighted by atomic mass is 16.5. The van der Waals surface area contributed by atoms with Gasteiger partial charge in [-0.25, -0.2) is 0 Å². The number of benzene rings is 1. The third kappa shape index (κ3) is 3.85. The number of aliphatic hydroxyl groups excluding tert-OH is 1. The van der Waals surface area contributed by atoms with Crippen molar-refractivity contribution in [2.45, 2.75) is 38.4 Å². The van der Waals surface area contributed by atoms with Gasteiger partial charge in [-0.2, -0.15) is 0 Å². The minimum atomic E-state index is -0.275. The van der Waals surface area contributed by atoms with Gasteiger partial charge in [-0.15, -0.1) is 0 Å². The summed E-state index contributed by atoms with van der Waals surface area (Å²) in [6.45, 7) is 7.62. The number of hydrogen-bond acceptors (Lipinski definition) is 4. The average Bonchev–Trinajstić information content (AvgIpc) is 2.54. The lowest BCUT2D eigenvalue weighted by Crippen LogP contribution is -2.50. The highest BCUT2D eigenvalue weighted by Gasteiger charge is 2.30. The summed E-state index contributed by atoms with van der Waals surface area (Å²) in [5.41, 5.74) is 1.57. The number of piperidine rings is 1. The minimum absolute atomic E-state index is 0.0713. The van der Waals surface area contributed by atoms with E-state index in [1.54, 1.807) is 0 Å². The van der Waals surface area contributed by atoms with Crippen molar-refractivity contribution in [1.29, 1.82) is 0 Å². The van der Waals surface area contributed by atoms with E-state index in [1.807, 2.05) is 43.0 Å². The second kappa shape index (κ2) is 6.49. The summed E-state index contributed by atoms with van der Waals surface area (Å²) in [6, 6.07) is 7.84. The van der Waals surface area contributed by atoms with Crippen molar-refractivity contribution in [3.8, 4) is 0 Å². The number of amides is 1. The lowest BCUT2D eigenvalue weighted by Gasteiger charge is -2.38. The van der Waals surface area contributed by atoms with E-state index in [0.717, 1.165) is 37.2 Å². The van der Waals surface area contributed by atoms with Crippen molar-refractivity contribution in [3.05, 3.63) is 29.8 Å². The molecule has 0 radical (unpaired) electrons. The second-order valence-corrected chi connectivity index (χ2v) is 7.10. The van der Waals surface area contributed by atoms with Gasteiger partial charge in [0.2, 0.25) is 0 Å². The zero-order chi connectivity index (χ0) is 16.4. The molecule has 2 heterocycles. The highest BCUT2D eigenvalue weighted by Crippen LogP contribution is 2.22. The molecule has 23 heavy (non-hydrogen) atoms. The third-order valence-electron chi connectivity index (χ3n) is 4.66. The number of aliphatic hydroxyl groups is 1. The quantitative estimate of drug-likeness (QED) is 0.905. The normalized spacial score (nSPS) is 22.2. The fraction of sp³-hybridized carbons (Fsp3) is 0.611. The van der Waals surface area contributed by atoms with Gasteiger partial charge in [0, 0.05) is 37.4 Å². The smallest absolute Gasteiger partial charge is 0.254 e. The molecule has 126 valence electrons. The van der Waals surface area contributed by atoms with E-state index < -0.39 is 0 Å². The number of rotatable bonds is 2. The summed E-state index contributed by atoms with van der Waals surface area (Å²) in [4.78, 5) is 16.8. The standard InChI is InChI=1S/C18H26N2O3/c1-18(2)13-20(11-12-23-18)17(22)14-3-5-15(6-4-14)19-9-7-16(21)8-10-19/h3-6,16,21H,7-13H2,1-2H3. The molecule has 1 aromatic rings. The Morgan fingerprint density at radius 2 is 1.83 bits per heavy atom. The van der Waals surface area contributed by atoms with Crippen LogP contribution in [0.1, 0.15) is 37.0 Å².